The van der Waals surface area contributed by atoms with Gasteiger partial charge in [0.2, 0.25) is 0 Å². The Labute approximate surface area is 57.3 Å². The Morgan fingerprint density at radius 2 is 2.50 bits per heavy atom. The first-order valence-corrected chi connectivity index (χ1v) is 3.81. The molecule has 1 saturated heterocycles. The lowest BCUT2D eigenvalue weighted by atomic mass is 10.5. The first kappa shape index (κ1) is 6.52. The fraction of sp³-hybridized carbons (Fsp3) is 1.00. The van der Waals surface area contributed by atoms with Gasteiger partial charge in [0.15, 0.2) is 0 Å². The van der Waals surface area contributed by atoms with Crippen LogP contribution in [0.2, 0.25) is 0 Å². The van der Waals surface area contributed by atoms with Gasteiger partial charge in [-0.3, -0.25) is 0 Å². The molecule has 0 aliphatic carbocycles. The van der Waals surface area contributed by atoms with E-state index in [0.717, 1.165) is 25.2 Å². The molecular weight excluding hydrogens is 172 g/mol. The van der Waals surface area contributed by atoms with Gasteiger partial charge in [-0.1, -0.05) is 15.9 Å². The average molecular weight is 181 g/mol. The lowest BCUT2D eigenvalue weighted by molar-refractivity contribution is 0.131. The summed E-state index contributed by atoms with van der Waals surface area (Å²) in [7, 11) is 0. The van der Waals surface area contributed by atoms with Gasteiger partial charge in [-0.15, -0.1) is 0 Å². The van der Waals surface area contributed by atoms with Crippen LogP contribution in [0.1, 0.15) is 0 Å². The summed E-state index contributed by atoms with van der Waals surface area (Å²) in [6.07, 6.45) is 0.411. The van der Waals surface area contributed by atoms with Gasteiger partial charge < -0.3 is 9.47 Å². The summed E-state index contributed by atoms with van der Waals surface area (Å²) >= 11 is 3.25. The highest BCUT2D eigenvalue weighted by Crippen LogP contribution is 2.07. The quantitative estimate of drug-likeness (QED) is 0.363. The van der Waals surface area contributed by atoms with Crippen LogP contribution >= 0.6 is 15.9 Å². The van der Waals surface area contributed by atoms with Crippen LogP contribution in [0.15, 0.2) is 0 Å². The Kier molecular flexibility index (Phi) is 2.80. The van der Waals surface area contributed by atoms with Gasteiger partial charge in [-0.2, -0.15) is 0 Å². The fourth-order valence-corrected chi connectivity index (χ4v) is 0.663. The molecule has 1 atom stereocenters. The maximum Gasteiger partial charge on any atom is 0.104 e. The summed E-state index contributed by atoms with van der Waals surface area (Å²) in [6, 6.07) is 0. The fourth-order valence-electron chi connectivity index (χ4n) is 0.434. The van der Waals surface area contributed by atoms with Crippen LogP contribution in [0.3, 0.4) is 0 Å². The zero-order chi connectivity index (χ0) is 5.82. The number of rotatable bonds is 4. The Morgan fingerprint density at radius 1 is 1.75 bits per heavy atom. The first-order chi connectivity index (χ1) is 3.93. The van der Waals surface area contributed by atoms with Gasteiger partial charge >= 0.3 is 0 Å². The van der Waals surface area contributed by atoms with Gasteiger partial charge in [0.25, 0.3) is 0 Å². The first-order valence-electron chi connectivity index (χ1n) is 2.69. The molecule has 1 heterocycles. The van der Waals surface area contributed by atoms with Crippen LogP contribution < -0.4 is 0 Å². The van der Waals surface area contributed by atoms with Crippen LogP contribution in [0.4, 0.5) is 0 Å². The molecule has 0 aromatic rings. The van der Waals surface area contributed by atoms with Gasteiger partial charge in [0.05, 0.1) is 19.8 Å². The van der Waals surface area contributed by atoms with E-state index < -0.39 is 0 Å². The van der Waals surface area contributed by atoms with Crippen LogP contribution in [-0.4, -0.2) is 31.3 Å². The number of alkyl halides is 1. The molecule has 0 amide bonds. The zero-order valence-corrected chi connectivity index (χ0v) is 6.19. The van der Waals surface area contributed by atoms with Crippen molar-refractivity contribution >= 4 is 15.9 Å². The number of epoxide rings is 1. The third-order valence-electron chi connectivity index (χ3n) is 0.928. The molecule has 0 radical (unpaired) electrons. The van der Waals surface area contributed by atoms with Crippen LogP contribution in [0.5, 0.6) is 0 Å². The molecule has 0 saturated carbocycles. The molecule has 0 aromatic carbocycles. The molecule has 0 aromatic heterocycles. The van der Waals surface area contributed by atoms with Crippen molar-refractivity contribution in [2.75, 3.05) is 25.2 Å². The van der Waals surface area contributed by atoms with E-state index in [1.54, 1.807) is 0 Å². The molecule has 0 unspecified atom stereocenters. The second-order valence-electron chi connectivity index (χ2n) is 1.72. The summed E-state index contributed by atoms with van der Waals surface area (Å²) in [6.45, 7) is 2.45. The third kappa shape index (κ3) is 2.64. The van der Waals surface area contributed by atoms with E-state index in [1.165, 1.54) is 0 Å². The van der Waals surface area contributed by atoms with E-state index in [-0.39, 0.29) is 0 Å². The van der Waals surface area contributed by atoms with E-state index in [4.69, 9.17) is 9.47 Å². The highest BCUT2D eigenvalue weighted by molar-refractivity contribution is 9.09. The molecule has 1 aliphatic heterocycles. The number of hydrogen-bond acceptors (Lipinski definition) is 2. The van der Waals surface area contributed by atoms with E-state index in [9.17, 15) is 0 Å². The van der Waals surface area contributed by atoms with Crippen molar-refractivity contribution in [2.45, 2.75) is 6.10 Å². The minimum atomic E-state index is 0.411. The largest absolute Gasteiger partial charge is 0.378 e. The summed E-state index contributed by atoms with van der Waals surface area (Å²) in [5.41, 5.74) is 0. The van der Waals surface area contributed by atoms with Crippen molar-refractivity contribution in [2.24, 2.45) is 0 Å². The lowest BCUT2D eigenvalue weighted by Crippen LogP contribution is -2.02. The Morgan fingerprint density at radius 3 is 3.00 bits per heavy atom. The number of halogens is 1. The third-order valence-corrected chi connectivity index (χ3v) is 1.25. The lowest BCUT2D eigenvalue weighted by Gasteiger charge is -1.94. The predicted octanol–water partition coefficient (Wildman–Crippen LogP) is 0.797. The maximum atomic E-state index is 5.13. The van der Waals surface area contributed by atoms with Gasteiger partial charge in [0, 0.05) is 5.33 Å². The highest BCUT2D eigenvalue weighted by atomic mass is 79.9. The van der Waals surface area contributed by atoms with E-state index in [2.05, 4.69) is 15.9 Å². The Hall–Kier alpha value is 0.400. The summed E-state index contributed by atoms with van der Waals surface area (Å²) in [4.78, 5) is 0. The minimum Gasteiger partial charge on any atom is -0.378 e. The summed E-state index contributed by atoms with van der Waals surface area (Å²) in [5, 5.41) is 0.916. The van der Waals surface area contributed by atoms with Crippen molar-refractivity contribution in [1.82, 2.24) is 0 Å². The van der Waals surface area contributed by atoms with Crippen molar-refractivity contribution in [3.05, 3.63) is 0 Å². The second kappa shape index (κ2) is 3.43. The molecule has 1 rings (SSSR count). The summed E-state index contributed by atoms with van der Waals surface area (Å²) in [5.74, 6) is 0. The highest BCUT2D eigenvalue weighted by Gasteiger charge is 2.21. The molecule has 8 heavy (non-hydrogen) atoms. The molecule has 0 bridgehead atoms. The zero-order valence-electron chi connectivity index (χ0n) is 4.60. The molecule has 48 valence electrons. The monoisotopic (exact) mass is 180 g/mol. The molecule has 1 fully saturated rings. The van der Waals surface area contributed by atoms with Crippen LogP contribution in [0, 0.1) is 0 Å². The second-order valence-corrected chi connectivity index (χ2v) is 2.51. The van der Waals surface area contributed by atoms with E-state index >= 15 is 0 Å². The molecule has 3 heteroatoms. The standard InChI is InChI=1S/C5H9BrO2/c6-1-2-7-3-5-4-8-5/h5H,1-4H2/t5-/m0/s1. The average Bonchev–Trinajstić information content (AvgIpc) is 2.51. The van der Waals surface area contributed by atoms with Crippen LogP contribution in [0.25, 0.3) is 0 Å². The topological polar surface area (TPSA) is 21.8 Å². The van der Waals surface area contributed by atoms with Gasteiger partial charge in [-0.05, 0) is 0 Å². The minimum absolute atomic E-state index is 0.411. The number of hydrogen-bond donors (Lipinski definition) is 0. The van der Waals surface area contributed by atoms with Gasteiger partial charge in [-0.25, -0.2) is 0 Å². The molecule has 2 nitrogen and oxygen atoms in total. The molecule has 1 aliphatic rings. The molecule has 0 spiro atoms. The maximum absolute atomic E-state index is 5.13. The van der Waals surface area contributed by atoms with Crippen molar-refractivity contribution in [1.29, 1.82) is 0 Å². The predicted molar refractivity (Wildman–Crippen MR) is 34.4 cm³/mol. The van der Waals surface area contributed by atoms with Gasteiger partial charge in [0.1, 0.15) is 6.10 Å². The molecular formula is C5H9BrO2. The van der Waals surface area contributed by atoms with E-state index in [1.807, 2.05) is 0 Å². The SMILES string of the molecule is BrCCOC[C@H]1CO1. The molecule has 0 N–H and O–H groups in total. The van der Waals surface area contributed by atoms with Crippen molar-refractivity contribution in [3.8, 4) is 0 Å². The van der Waals surface area contributed by atoms with Crippen molar-refractivity contribution in [3.63, 3.8) is 0 Å². The number of ether oxygens (including phenoxy) is 2. The Bertz CT molecular complexity index is 63.4. The smallest absolute Gasteiger partial charge is 0.104 e. The summed E-state index contributed by atoms with van der Waals surface area (Å²) < 4.78 is 10.0. The van der Waals surface area contributed by atoms with E-state index in [0.29, 0.717) is 6.10 Å². The van der Waals surface area contributed by atoms with Crippen molar-refractivity contribution < 1.29 is 9.47 Å². The van der Waals surface area contributed by atoms with Crippen LogP contribution in [-0.2, 0) is 9.47 Å². The normalized spacial score (nSPS) is 25.9. The Balaban J connectivity index is 1.74.